The summed E-state index contributed by atoms with van der Waals surface area (Å²) in [5.74, 6) is -0.0541. The van der Waals surface area contributed by atoms with Gasteiger partial charge in [0, 0.05) is 31.2 Å². The Balaban J connectivity index is 1.48. The van der Waals surface area contributed by atoms with Crippen LogP contribution in [-0.2, 0) is 6.54 Å². The molecular weight excluding hydrogens is 310 g/mol. The monoisotopic (exact) mass is 333 g/mol. The highest BCUT2D eigenvalue weighted by Crippen LogP contribution is 2.15. The molecule has 0 atom stereocenters. The van der Waals surface area contributed by atoms with Gasteiger partial charge < -0.3 is 5.32 Å². The van der Waals surface area contributed by atoms with E-state index in [1.165, 1.54) is 11.1 Å². The van der Waals surface area contributed by atoms with Gasteiger partial charge in [0.1, 0.15) is 0 Å². The number of nitriles is 1. The minimum absolute atomic E-state index is 0.0541. The molecule has 1 amide bonds. The van der Waals surface area contributed by atoms with Crippen molar-refractivity contribution in [3.8, 4) is 6.07 Å². The van der Waals surface area contributed by atoms with Crippen molar-refractivity contribution in [2.75, 3.05) is 13.1 Å². The van der Waals surface area contributed by atoms with E-state index in [-0.39, 0.29) is 11.9 Å². The third kappa shape index (κ3) is 4.68. The molecule has 0 unspecified atom stereocenters. The first kappa shape index (κ1) is 17.2. The molecule has 4 heteroatoms. The summed E-state index contributed by atoms with van der Waals surface area (Å²) in [6, 6.07) is 17.7. The number of aryl methyl sites for hydroxylation is 1. The second-order valence-electron chi connectivity index (χ2n) is 6.70. The number of hydrogen-bond acceptors (Lipinski definition) is 3. The maximum atomic E-state index is 12.3. The summed E-state index contributed by atoms with van der Waals surface area (Å²) < 4.78 is 0. The van der Waals surface area contributed by atoms with Gasteiger partial charge in [0.2, 0.25) is 0 Å². The normalized spacial score (nSPS) is 15.5. The molecule has 4 nitrogen and oxygen atoms in total. The van der Waals surface area contributed by atoms with Crippen molar-refractivity contribution in [2.24, 2.45) is 0 Å². The van der Waals surface area contributed by atoms with Crippen LogP contribution in [0.5, 0.6) is 0 Å². The third-order valence-corrected chi connectivity index (χ3v) is 4.69. The van der Waals surface area contributed by atoms with Crippen LogP contribution in [0.3, 0.4) is 0 Å². The Hall–Kier alpha value is -2.64. The Morgan fingerprint density at radius 1 is 1.20 bits per heavy atom. The molecule has 2 aromatic carbocycles. The average molecular weight is 333 g/mol. The van der Waals surface area contributed by atoms with E-state index in [4.69, 9.17) is 5.26 Å². The molecule has 2 aromatic rings. The quantitative estimate of drug-likeness (QED) is 0.934. The smallest absolute Gasteiger partial charge is 0.251 e. The first-order valence-corrected chi connectivity index (χ1v) is 8.73. The number of likely N-dealkylation sites (tertiary alicyclic amines) is 1. The average Bonchev–Trinajstić information content (AvgIpc) is 2.63. The summed E-state index contributed by atoms with van der Waals surface area (Å²) in [5, 5.41) is 11.9. The van der Waals surface area contributed by atoms with Crippen LogP contribution in [0.4, 0.5) is 0 Å². The largest absolute Gasteiger partial charge is 0.349 e. The minimum Gasteiger partial charge on any atom is -0.349 e. The maximum absolute atomic E-state index is 12.3. The van der Waals surface area contributed by atoms with E-state index >= 15 is 0 Å². The van der Waals surface area contributed by atoms with E-state index in [1.54, 1.807) is 24.3 Å². The molecule has 0 radical (unpaired) electrons. The highest BCUT2D eigenvalue weighted by Gasteiger charge is 2.21. The first-order valence-electron chi connectivity index (χ1n) is 8.73. The standard InChI is InChI=1S/C21H23N3O/c1-16-3-2-4-18(13-16)15-24-11-9-20(10-12-24)23-21(25)19-7-5-17(14-22)6-8-19/h2-8,13,20H,9-12,15H2,1H3,(H,23,25). The van der Waals surface area contributed by atoms with Crippen molar-refractivity contribution in [3.63, 3.8) is 0 Å². The van der Waals surface area contributed by atoms with Crippen LogP contribution in [0.1, 0.15) is 39.9 Å². The highest BCUT2D eigenvalue weighted by atomic mass is 16.1. The summed E-state index contributed by atoms with van der Waals surface area (Å²) in [6.07, 6.45) is 1.93. The predicted molar refractivity (Wildman–Crippen MR) is 98.1 cm³/mol. The van der Waals surface area contributed by atoms with Crippen molar-refractivity contribution in [3.05, 3.63) is 70.8 Å². The number of nitrogens with one attached hydrogen (secondary N) is 1. The molecule has 0 aromatic heterocycles. The number of rotatable bonds is 4. The molecule has 1 fully saturated rings. The second-order valence-corrected chi connectivity index (χ2v) is 6.70. The summed E-state index contributed by atoms with van der Waals surface area (Å²) in [4.78, 5) is 14.8. The van der Waals surface area contributed by atoms with Crippen LogP contribution in [-0.4, -0.2) is 29.9 Å². The van der Waals surface area contributed by atoms with E-state index in [0.717, 1.165) is 32.5 Å². The topological polar surface area (TPSA) is 56.1 Å². The van der Waals surface area contributed by atoms with Gasteiger partial charge in [0.25, 0.3) is 5.91 Å². The van der Waals surface area contributed by atoms with Crippen molar-refractivity contribution < 1.29 is 4.79 Å². The predicted octanol–water partition coefficient (Wildman–Crippen LogP) is 3.26. The molecule has 0 saturated carbocycles. The van der Waals surface area contributed by atoms with Gasteiger partial charge >= 0.3 is 0 Å². The van der Waals surface area contributed by atoms with E-state index in [2.05, 4.69) is 47.5 Å². The number of piperidine rings is 1. The van der Waals surface area contributed by atoms with Crippen molar-refractivity contribution in [1.29, 1.82) is 5.26 Å². The second kappa shape index (κ2) is 7.96. The minimum atomic E-state index is -0.0541. The number of nitrogens with zero attached hydrogens (tertiary/aromatic N) is 2. The maximum Gasteiger partial charge on any atom is 0.251 e. The zero-order valence-corrected chi connectivity index (χ0v) is 14.5. The fourth-order valence-electron chi connectivity index (χ4n) is 3.27. The molecule has 1 saturated heterocycles. The van der Waals surface area contributed by atoms with Gasteiger partial charge in [-0.15, -0.1) is 0 Å². The zero-order valence-electron chi connectivity index (χ0n) is 14.5. The number of hydrogen-bond donors (Lipinski definition) is 1. The van der Waals surface area contributed by atoms with Crippen LogP contribution in [0.2, 0.25) is 0 Å². The van der Waals surface area contributed by atoms with E-state index < -0.39 is 0 Å². The summed E-state index contributed by atoms with van der Waals surface area (Å²) in [7, 11) is 0. The van der Waals surface area contributed by atoms with Gasteiger partial charge in [0.05, 0.1) is 11.6 Å². The molecule has 0 bridgehead atoms. The molecule has 1 N–H and O–H groups in total. The van der Waals surface area contributed by atoms with Crippen molar-refractivity contribution >= 4 is 5.91 Å². The summed E-state index contributed by atoms with van der Waals surface area (Å²) in [5.41, 5.74) is 3.82. The number of carbonyl (C=O) groups is 1. The Morgan fingerprint density at radius 3 is 2.56 bits per heavy atom. The van der Waals surface area contributed by atoms with E-state index in [0.29, 0.717) is 11.1 Å². The molecule has 128 valence electrons. The van der Waals surface area contributed by atoms with Crippen LogP contribution >= 0.6 is 0 Å². The molecule has 1 heterocycles. The first-order chi connectivity index (χ1) is 12.1. The van der Waals surface area contributed by atoms with Crippen LogP contribution in [0.15, 0.2) is 48.5 Å². The van der Waals surface area contributed by atoms with Gasteiger partial charge in [0.15, 0.2) is 0 Å². The van der Waals surface area contributed by atoms with Crippen LogP contribution in [0, 0.1) is 18.3 Å². The third-order valence-electron chi connectivity index (χ3n) is 4.69. The Kier molecular flexibility index (Phi) is 5.47. The van der Waals surface area contributed by atoms with Gasteiger partial charge in [-0.05, 0) is 49.6 Å². The fraction of sp³-hybridized carbons (Fsp3) is 0.333. The molecule has 1 aliphatic rings. The SMILES string of the molecule is Cc1cccc(CN2CCC(NC(=O)c3ccc(C#N)cc3)CC2)c1. The molecular formula is C21H23N3O. The number of amides is 1. The molecule has 0 spiro atoms. The highest BCUT2D eigenvalue weighted by molar-refractivity contribution is 5.94. The Bertz CT molecular complexity index is 768. The van der Waals surface area contributed by atoms with Gasteiger partial charge in [-0.3, -0.25) is 9.69 Å². The van der Waals surface area contributed by atoms with Gasteiger partial charge in [-0.2, -0.15) is 5.26 Å². The lowest BCUT2D eigenvalue weighted by atomic mass is 10.0. The van der Waals surface area contributed by atoms with E-state index in [1.807, 2.05) is 0 Å². The molecule has 1 aliphatic heterocycles. The number of carbonyl (C=O) groups excluding carboxylic acids is 1. The van der Waals surface area contributed by atoms with Gasteiger partial charge in [-0.1, -0.05) is 29.8 Å². The lowest BCUT2D eigenvalue weighted by Crippen LogP contribution is -2.44. The van der Waals surface area contributed by atoms with Crippen molar-refractivity contribution in [2.45, 2.75) is 32.4 Å². The van der Waals surface area contributed by atoms with Crippen LogP contribution < -0.4 is 5.32 Å². The van der Waals surface area contributed by atoms with E-state index in [9.17, 15) is 4.79 Å². The summed E-state index contributed by atoms with van der Waals surface area (Å²) in [6.45, 7) is 5.07. The van der Waals surface area contributed by atoms with Crippen molar-refractivity contribution in [1.82, 2.24) is 10.2 Å². The fourth-order valence-corrected chi connectivity index (χ4v) is 3.27. The molecule has 25 heavy (non-hydrogen) atoms. The summed E-state index contributed by atoms with van der Waals surface area (Å²) >= 11 is 0. The number of benzene rings is 2. The Morgan fingerprint density at radius 2 is 1.92 bits per heavy atom. The zero-order chi connectivity index (χ0) is 17.6. The molecule has 3 rings (SSSR count). The Labute approximate surface area is 149 Å². The van der Waals surface area contributed by atoms with Gasteiger partial charge in [-0.25, -0.2) is 0 Å². The molecule has 0 aliphatic carbocycles. The lowest BCUT2D eigenvalue weighted by Gasteiger charge is -2.32. The van der Waals surface area contributed by atoms with Crippen LogP contribution in [0.25, 0.3) is 0 Å². The lowest BCUT2D eigenvalue weighted by molar-refractivity contribution is 0.0909.